The van der Waals surface area contributed by atoms with E-state index in [1.54, 1.807) is 7.11 Å². The monoisotopic (exact) mass is 375 g/mol. The summed E-state index contributed by atoms with van der Waals surface area (Å²) in [6.07, 6.45) is 1.76. The molecule has 0 fully saturated rings. The topological polar surface area (TPSA) is 69.5 Å². The van der Waals surface area contributed by atoms with E-state index in [2.05, 4.69) is 29.4 Å². The molecule has 6 nitrogen and oxygen atoms in total. The minimum atomic E-state index is 0.0328. The van der Waals surface area contributed by atoms with Gasteiger partial charge in [0.15, 0.2) is 0 Å². The standard InChI is InChI=1S/C21H29NO5/c1-17(22-27-14-13-26-12-11-25-10-9-23)3-4-18-5-6-20-16-21(24-2)8-7-19(20)15-18/h5-8,15-16,23H,3-4,9-14H2,1-2H3/b22-17+. The maximum Gasteiger partial charge on any atom is 0.140 e. The van der Waals surface area contributed by atoms with Gasteiger partial charge in [-0.3, -0.25) is 0 Å². The van der Waals surface area contributed by atoms with E-state index in [9.17, 15) is 0 Å². The van der Waals surface area contributed by atoms with Gasteiger partial charge in [0.05, 0.1) is 45.9 Å². The van der Waals surface area contributed by atoms with Gasteiger partial charge in [0, 0.05) is 0 Å². The highest BCUT2D eigenvalue weighted by Crippen LogP contribution is 2.22. The number of methoxy groups -OCH3 is 1. The normalized spacial score (nSPS) is 11.7. The van der Waals surface area contributed by atoms with Crippen molar-refractivity contribution in [2.24, 2.45) is 5.16 Å². The third-order valence-electron chi connectivity index (χ3n) is 4.03. The molecule has 0 saturated heterocycles. The lowest BCUT2D eigenvalue weighted by atomic mass is 10.0. The van der Waals surface area contributed by atoms with Crippen molar-refractivity contribution < 1.29 is 24.2 Å². The molecule has 2 aromatic carbocycles. The van der Waals surface area contributed by atoms with Crippen LogP contribution < -0.4 is 4.74 Å². The summed E-state index contributed by atoms with van der Waals surface area (Å²) >= 11 is 0. The number of fused-ring (bicyclic) bond motifs is 1. The van der Waals surface area contributed by atoms with Crippen LogP contribution >= 0.6 is 0 Å². The SMILES string of the molecule is COc1ccc2cc(CC/C(C)=N/OCCOCCOCCO)ccc2c1. The zero-order valence-corrected chi connectivity index (χ0v) is 16.1. The summed E-state index contributed by atoms with van der Waals surface area (Å²) < 4.78 is 15.7. The first-order valence-electron chi connectivity index (χ1n) is 9.21. The molecule has 0 aliphatic heterocycles. The molecule has 0 unspecified atom stereocenters. The molecule has 1 N–H and O–H groups in total. The van der Waals surface area contributed by atoms with Crippen molar-refractivity contribution in [2.45, 2.75) is 19.8 Å². The van der Waals surface area contributed by atoms with Crippen LogP contribution in [0.4, 0.5) is 0 Å². The molecule has 0 aliphatic carbocycles. The van der Waals surface area contributed by atoms with E-state index in [0.29, 0.717) is 33.0 Å². The van der Waals surface area contributed by atoms with E-state index < -0.39 is 0 Å². The fourth-order valence-electron chi connectivity index (χ4n) is 2.57. The molecule has 2 aromatic rings. The maximum atomic E-state index is 8.57. The van der Waals surface area contributed by atoms with Crippen molar-refractivity contribution in [3.8, 4) is 5.75 Å². The van der Waals surface area contributed by atoms with Gasteiger partial charge in [0.25, 0.3) is 0 Å². The van der Waals surface area contributed by atoms with E-state index in [4.69, 9.17) is 24.2 Å². The molecule has 148 valence electrons. The maximum absolute atomic E-state index is 8.57. The first-order chi connectivity index (χ1) is 13.2. The number of oxime groups is 1. The highest BCUT2D eigenvalue weighted by Gasteiger charge is 2.01. The molecule has 0 bridgehead atoms. The Kier molecular flexibility index (Phi) is 9.62. The Morgan fingerprint density at radius 3 is 2.41 bits per heavy atom. The average Bonchev–Trinajstić information content (AvgIpc) is 2.70. The van der Waals surface area contributed by atoms with E-state index in [-0.39, 0.29) is 6.61 Å². The first-order valence-corrected chi connectivity index (χ1v) is 9.21. The lowest BCUT2D eigenvalue weighted by Gasteiger charge is -2.07. The predicted molar refractivity (Wildman–Crippen MR) is 107 cm³/mol. The molecule has 6 heteroatoms. The van der Waals surface area contributed by atoms with E-state index in [1.807, 2.05) is 19.1 Å². The second-order valence-electron chi connectivity index (χ2n) is 6.16. The van der Waals surface area contributed by atoms with Crippen molar-refractivity contribution in [3.05, 3.63) is 42.0 Å². The summed E-state index contributed by atoms with van der Waals surface area (Å²) in [6.45, 7) is 4.18. The molecular weight excluding hydrogens is 346 g/mol. The van der Waals surface area contributed by atoms with Gasteiger partial charge in [-0.1, -0.05) is 29.4 Å². The van der Waals surface area contributed by atoms with E-state index in [0.717, 1.165) is 24.3 Å². The van der Waals surface area contributed by atoms with Crippen molar-refractivity contribution in [3.63, 3.8) is 0 Å². The van der Waals surface area contributed by atoms with Gasteiger partial charge in [0.2, 0.25) is 0 Å². The van der Waals surface area contributed by atoms with Crippen LogP contribution in [0.2, 0.25) is 0 Å². The quantitative estimate of drug-likeness (QED) is 0.331. The average molecular weight is 375 g/mol. The molecule has 2 rings (SSSR count). The molecule has 0 amide bonds. The van der Waals surface area contributed by atoms with Gasteiger partial charge < -0.3 is 24.2 Å². The Labute approximate surface area is 160 Å². The van der Waals surface area contributed by atoms with E-state index in [1.165, 1.54) is 16.3 Å². The number of benzene rings is 2. The number of rotatable bonds is 13. The van der Waals surface area contributed by atoms with Gasteiger partial charge in [-0.15, -0.1) is 0 Å². The van der Waals surface area contributed by atoms with Crippen molar-refractivity contribution >= 4 is 16.5 Å². The van der Waals surface area contributed by atoms with Crippen LogP contribution in [0.1, 0.15) is 18.9 Å². The lowest BCUT2D eigenvalue weighted by molar-refractivity contribution is 0.00859. The molecule has 0 aromatic heterocycles. The second kappa shape index (κ2) is 12.3. The van der Waals surface area contributed by atoms with Crippen LogP contribution in [0.3, 0.4) is 0 Å². The number of aliphatic hydroxyl groups is 1. The van der Waals surface area contributed by atoms with Gasteiger partial charge in [-0.05, 0) is 48.2 Å². The van der Waals surface area contributed by atoms with Crippen molar-refractivity contribution in [1.82, 2.24) is 0 Å². The Morgan fingerprint density at radius 2 is 1.63 bits per heavy atom. The van der Waals surface area contributed by atoms with Crippen LogP contribution in [0.5, 0.6) is 5.75 Å². The highest BCUT2D eigenvalue weighted by atomic mass is 16.6. The predicted octanol–water partition coefficient (Wildman–Crippen LogP) is 3.20. The third-order valence-corrected chi connectivity index (χ3v) is 4.03. The summed E-state index contributed by atoms with van der Waals surface area (Å²) in [6, 6.07) is 12.6. The van der Waals surface area contributed by atoms with Gasteiger partial charge >= 0.3 is 0 Å². The number of hydrogen-bond donors (Lipinski definition) is 1. The van der Waals surface area contributed by atoms with Crippen LogP contribution in [-0.4, -0.2) is 57.6 Å². The Balaban J connectivity index is 1.66. The minimum Gasteiger partial charge on any atom is -0.497 e. The van der Waals surface area contributed by atoms with Crippen molar-refractivity contribution in [1.29, 1.82) is 0 Å². The summed E-state index contributed by atoms with van der Waals surface area (Å²) in [5.41, 5.74) is 2.23. The molecule has 0 spiro atoms. The van der Waals surface area contributed by atoms with Crippen molar-refractivity contribution in [2.75, 3.05) is 46.8 Å². The summed E-state index contributed by atoms with van der Waals surface area (Å²) in [5, 5.41) is 15.1. The number of aliphatic hydroxyl groups excluding tert-OH is 1. The first kappa shape index (κ1) is 21.2. The van der Waals surface area contributed by atoms with Gasteiger partial charge in [0.1, 0.15) is 12.4 Å². The number of nitrogens with zero attached hydrogens (tertiary/aromatic N) is 1. The molecule has 0 aliphatic rings. The fourth-order valence-corrected chi connectivity index (χ4v) is 2.57. The zero-order valence-electron chi connectivity index (χ0n) is 16.1. The largest absolute Gasteiger partial charge is 0.497 e. The second-order valence-corrected chi connectivity index (χ2v) is 6.16. The van der Waals surface area contributed by atoms with Gasteiger partial charge in [-0.25, -0.2) is 0 Å². The fraction of sp³-hybridized carbons (Fsp3) is 0.476. The number of aryl methyl sites for hydroxylation is 1. The minimum absolute atomic E-state index is 0.0328. The lowest BCUT2D eigenvalue weighted by Crippen LogP contribution is -2.10. The molecule has 0 saturated carbocycles. The Hall–Kier alpha value is -2.15. The van der Waals surface area contributed by atoms with Crippen LogP contribution in [-0.2, 0) is 20.7 Å². The van der Waals surface area contributed by atoms with E-state index >= 15 is 0 Å². The smallest absolute Gasteiger partial charge is 0.140 e. The summed E-state index contributed by atoms with van der Waals surface area (Å²) in [7, 11) is 1.68. The number of ether oxygens (including phenoxy) is 3. The Bertz CT molecular complexity index is 717. The van der Waals surface area contributed by atoms with Crippen LogP contribution in [0.15, 0.2) is 41.6 Å². The molecule has 0 atom stereocenters. The summed E-state index contributed by atoms with van der Waals surface area (Å²) in [5.74, 6) is 0.872. The third kappa shape index (κ3) is 7.95. The van der Waals surface area contributed by atoms with Crippen LogP contribution in [0.25, 0.3) is 10.8 Å². The number of hydrogen-bond acceptors (Lipinski definition) is 6. The Morgan fingerprint density at radius 1 is 0.926 bits per heavy atom. The van der Waals surface area contributed by atoms with Gasteiger partial charge in [-0.2, -0.15) is 0 Å². The molecule has 27 heavy (non-hydrogen) atoms. The zero-order chi connectivity index (χ0) is 19.3. The molecular formula is C21H29NO5. The summed E-state index contributed by atoms with van der Waals surface area (Å²) in [4.78, 5) is 5.28. The highest BCUT2D eigenvalue weighted by molar-refractivity contribution is 5.85. The molecule has 0 radical (unpaired) electrons. The van der Waals surface area contributed by atoms with Crippen LogP contribution in [0, 0.1) is 0 Å². The molecule has 0 heterocycles.